The van der Waals surface area contributed by atoms with Crippen molar-refractivity contribution in [1.29, 1.82) is 0 Å². The zero-order valence-electron chi connectivity index (χ0n) is 13.8. The standard InChI is InChI=1S/C18H27N3O/c1-3-9-21-14-15(6-10-20-11-7-19-8-12-20)17-13-16(22-2)4-5-18(17)21/h4-5,13-14,19H,3,6-12H2,1-2H3. The first-order valence-corrected chi connectivity index (χ1v) is 8.40. The summed E-state index contributed by atoms with van der Waals surface area (Å²) in [6.45, 7) is 9.01. The summed E-state index contributed by atoms with van der Waals surface area (Å²) in [5.74, 6) is 0.949. The van der Waals surface area contributed by atoms with Crippen LogP contribution in [0.3, 0.4) is 0 Å². The van der Waals surface area contributed by atoms with Gasteiger partial charge in [0.1, 0.15) is 5.75 Å². The van der Waals surface area contributed by atoms with Gasteiger partial charge in [0.15, 0.2) is 0 Å². The number of hydrogen-bond acceptors (Lipinski definition) is 3. The predicted octanol–water partition coefficient (Wildman–Crippen LogP) is 2.51. The summed E-state index contributed by atoms with van der Waals surface area (Å²) in [5.41, 5.74) is 2.78. The Morgan fingerprint density at radius 2 is 2.00 bits per heavy atom. The molecule has 0 spiro atoms. The lowest BCUT2D eigenvalue weighted by Crippen LogP contribution is -2.44. The van der Waals surface area contributed by atoms with Crippen molar-refractivity contribution in [2.75, 3.05) is 39.8 Å². The molecule has 120 valence electrons. The molecule has 0 radical (unpaired) electrons. The van der Waals surface area contributed by atoms with Gasteiger partial charge in [-0.05, 0) is 36.6 Å². The third-order valence-electron chi connectivity index (χ3n) is 4.54. The van der Waals surface area contributed by atoms with Crippen LogP contribution in [0.25, 0.3) is 10.9 Å². The summed E-state index contributed by atoms with van der Waals surface area (Å²) in [4.78, 5) is 2.56. The van der Waals surface area contributed by atoms with Crippen molar-refractivity contribution in [2.45, 2.75) is 26.3 Å². The van der Waals surface area contributed by atoms with Gasteiger partial charge in [-0.15, -0.1) is 0 Å². The average molecular weight is 301 g/mol. The summed E-state index contributed by atoms with van der Waals surface area (Å²) >= 11 is 0. The number of benzene rings is 1. The zero-order chi connectivity index (χ0) is 15.4. The van der Waals surface area contributed by atoms with Gasteiger partial charge >= 0.3 is 0 Å². The number of nitrogens with zero attached hydrogens (tertiary/aromatic N) is 2. The second kappa shape index (κ2) is 7.16. The van der Waals surface area contributed by atoms with E-state index >= 15 is 0 Å². The molecule has 0 unspecified atom stereocenters. The molecule has 0 aliphatic carbocycles. The Bertz CT molecular complexity index is 614. The lowest BCUT2D eigenvalue weighted by Gasteiger charge is -2.26. The van der Waals surface area contributed by atoms with Crippen LogP contribution in [0.5, 0.6) is 5.75 Å². The van der Waals surface area contributed by atoms with Crippen LogP contribution in [0.2, 0.25) is 0 Å². The van der Waals surface area contributed by atoms with E-state index in [2.05, 4.69) is 46.1 Å². The molecule has 4 heteroatoms. The van der Waals surface area contributed by atoms with Crippen LogP contribution in [-0.2, 0) is 13.0 Å². The Kier molecular flexibility index (Phi) is 5.01. The number of methoxy groups -OCH3 is 1. The zero-order valence-corrected chi connectivity index (χ0v) is 13.8. The Morgan fingerprint density at radius 3 is 2.73 bits per heavy atom. The van der Waals surface area contributed by atoms with E-state index in [1.54, 1.807) is 7.11 Å². The quantitative estimate of drug-likeness (QED) is 0.889. The van der Waals surface area contributed by atoms with Crippen molar-refractivity contribution in [3.8, 4) is 5.75 Å². The highest BCUT2D eigenvalue weighted by Crippen LogP contribution is 2.27. The molecular formula is C18H27N3O. The SMILES string of the molecule is CCCn1cc(CCN2CCNCC2)c2cc(OC)ccc21. The number of piperazine rings is 1. The fraction of sp³-hybridized carbons (Fsp3) is 0.556. The molecule has 0 saturated carbocycles. The molecule has 1 aromatic carbocycles. The topological polar surface area (TPSA) is 29.4 Å². The van der Waals surface area contributed by atoms with Gasteiger partial charge in [-0.3, -0.25) is 0 Å². The van der Waals surface area contributed by atoms with Crippen LogP contribution in [0.1, 0.15) is 18.9 Å². The number of aryl methyl sites for hydroxylation is 1. The maximum absolute atomic E-state index is 5.41. The fourth-order valence-corrected chi connectivity index (χ4v) is 3.32. The highest BCUT2D eigenvalue weighted by atomic mass is 16.5. The van der Waals surface area contributed by atoms with Gasteiger partial charge in [0, 0.05) is 56.4 Å². The predicted molar refractivity (Wildman–Crippen MR) is 91.8 cm³/mol. The minimum absolute atomic E-state index is 0.949. The van der Waals surface area contributed by atoms with Crippen molar-refractivity contribution in [3.05, 3.63) is 30.0 Å². The fourth-order valence-electron chi connectivity index (χ4n) is 3.32. The summed E-state index contributed by atoms with van der Waals surface area (Å²) in [6, 6.07) is 6.45. The van der Waals surface area contributed by atoms with Crippen LogP contribution < -0.4 is 10.1 Å². The van der Waals surface area contributed by atoms with Crippen LogP contribution in [0.4, 0.5) is 0 Å². The first kappa shape index (κ1) is 15.4. The van der Waals surface area contributed by atoms with Gasteiger partial charge in [-0.2, -0.15) is 0 Å². The minimum Gasteiger partial charge on any atom is -0.497 e. The molecule has 1 aliphatic rings. The average Bonchev–Trinajstić information content (AvgIpc) is 2.91. The Labute approximate surface area is 133 Å². The highest BCUT2D eigenvalue weighted by Gasteiger charge is 2.13. The number of nitrogens with one attached hydrogen (secondary N) is 1. The maximum atomic E-state index is 5.41. The molecule has 1 saturated heterocycles. The second-order valence-corrected chi connectivity index (χ2v) is 6.07. The van der Waals surface area contributed by atoms with E-state index < -0.39 is 0 Å². The third kappa shape index (κ3) is 3.28. The Morgan fingerprint density at radius 1 is 1.18 bits per heavy atom. The van der Waals surface area contributed by atoms with E-state index in [1.807, 2.05) is 0 Å². The van der Waals surface area contributed by atoms with Crippen LogP contribution in [-0.4, -0.2) is 49.3 Å². The molecule has 3 rings (SSSR count). The van der Waals surface area contributed by atoms with Crippen LogP contribution >= 0.6 is 0 Å². The van der Waals surface area contributed by atoms with E-state index in [0.29, 0.717) is 0 Å². The molecule has 4 nitrogen and oxygen atoms in total. The van der Waals surface area contributed by atoms with Gasteiger partial charge in [0.25, 0.3) is 0 Å². The normalized spacial score (nSPS) is 16.3. The molecule has 1 N–H and O–H groups in total. The Hall–Kier alpha value is -1.52. The molecule has 1 aliphatic heterocycles. The summed E-state index contributed by atoms with van der Waals surface area (Å²) < 4.78 is 7.80. The number of hydrogen-bond donors (Lipinski definition) is 1. The van der Waals surface area contributed by atoms with Crippen LogP contribution in [0.15, 0.2) is 24.4 Å². The first-order chi connectivity index (χ1) is 10.8. The number of aromatic nitrogens is 1. The second-order valence-electron chi connectivity index (χ2n) is 6.07. The molecular weight excluding hydrogens is 274 g/mol. The molecule has 1 aromatic heterocycles. The summed E-state index contributed by atoms with van der Waals surface area (Å²) in [6.07, 6.45) is 4.61. The summed E-state index contributed by atoms with van der Waals surface area (Å²) in [7, 11) is 1.74. The van der Waals surface area contributed by atoms with Gasteiger partial charge in [-0.1, -0.05) is 6.92 Å². The first-order valence-electron chi connectivity index (χ1n) is 8.40. The van der Waals surface area contributed by atoms with Gasteiger partial charge < -0.3 is 19.5 Å². The molecule has 0 amide bonds. The van der Waals surface area contributed by atoms with E-state index in [9.17, 15) is 0 Å². The monoisotopic (exact) mass is 301 g/mol. The lowest BCUT2D eigenvalue weighted by atomic mass is 10.1. The van der Waals surface area contributed by atoms with E-state index in [0.717, 1.165) is 57.9 Å². The summed E-state index contributed by atoms with van der Waals surface area (Å²) in [5, 5.41) is 4.77. The van der Waals surface area contributed by atoms with Gasteiger partial charge in [-0.25, -0.2) is 0 Å². The number of fused-ring (bicyclic) bond motifs is 1. The lowest BCUT2D eigenvalue weighted by molar-refractivity contribution is 0.244. The number of ether oxygens (including phenoxy) is 1. The third-order valence-corrected chi connectivity index (χ3v) is 4.54. The molecule has 2 aromatic rings. The largest absolute Gasteiger partial charge is 0.497 e. The maximum Gasteiger partial charge on any atom is 0.119 e. The van der Waals surface area contributed by atoms with Crippen molar-refractivity contribution in [1.82, 2.24) is 14.8 Å². The highest BCUT2D eigenvalue weighted by molar-refractivity contribution is 5.85. The van der Waals surface area contributed by atoms with Crippen molar-refractivity contribution in [2.24, 2.45) is 0 Å². The molecule has 22 heavy (non-hydrogen) atoms. The van der Waals surface area contributed by atoms with Gasteiger partial charge in [0.05, 0.1) is 7.11 Å². The molecule has 2 heterocycles. The minimum atomic E-state index is 0.949. The van der Waals surface area contributed by atoms with Gasteiger partial charge in [0.2, 0.25) is 0 Å². The van der Waals surface area contributed by atoms with E-state index in [4.69, 9.17) is 4.74 Å². The van der Waals surface area contributed by atoms with Crippen molar-refractivity contribution >= 4 is 10.9 Å². The van der Waals surface area contributed by atoms with Crippen molar-refractivity contribution < 1.29 is 4.74 Å². The Balaban J connectivity index is 1.83. The number of rotatable bonds is 6. The van der Waals surface area contributed by atoms with Crippen molar-refractivity contribution in [3.63, 3.8) is 0 Å². The molecule has 0 atom stereocenters. The van der Waals surface area contributed by atoms with E-state index in [1.165, 1.54) is 16.5 Å². The molecule has 1 fully saturated rings. The van der Waals surface area contributed by atoms with E-state index in [-0.39, 0.29) is 0 Å². The smallest absolute Gasteiger partial charge is 0.119 e. The molecule has 0 bridgehead atoms. The van der Waals surface area contributed by atoms with Crippen LogP contribution in [0, 0.1) is 0 Å².